The van der Waals surface area contributed by atoms with Crippen LogP contribution in [0.3, 0.4) is 0 Å². The molecule has 1 aromatic carbocycles. The number of ether oxygens (including phenoxy) is 1. The van der Waals surface area contributed by atoms with Crippen LogP contribution in [0.1, 0.15) is 17.4 Å². The van der Waals surface area contributed by atoms with Crippen LogP contribution in [0, 0.1) is 0 Å². The first-order chi connectivity index (χ1) is 8.20. The minimum atomic E-state index is -0.173. The minimum absolute atomic E-state index is 0.173. The molecule has 0 saturated carbocycles. The Morgan fingerprint density at radius 1 is 1.41 bits per heavy atom. The van der Waals surface area contributed by atoms with Crippen LogP contribution in [0.25, 0.3) is 0 Å². The Bertz CT molecular complexity index is 482. The summed E-state index contributed by atoms with van der Waals surface area (Å²) in [7, 11) is 1.61. The topological polar surface area (TPSA) is 48.4 Å². The van der Waals surface area contributed by atoms with E-state index in [4.69, 9.17) is 26.5 Å². The van der Waals surface area contributed by atoms with Gasteiger partial charge in [0, 0.05) is 23.0 Å². The van der Waals surface area contributed by atoms with Crippen molar-refractivity contribution in [3.63, 3.8) is 0 Å². The van der Waals surface area contributed by atoms with Crippen LogP contribution < -0.4 is 10.5 Å². The molecule has 1 heterocycles. The highest BCUT2D eigenvalue weighted by Crippen LogP contribution is 2.29. The van der Waals surface area contributed by atoms with Crippen molar-refractivity contribution in [2.45, 2.75) is 12.5 Å². The molecular formula is C13H14ClNO2. The second kappa shape index (κ2) is 5.25. The highest BCUT2D eigenvalue weighted by molar-refractivity contribution is 6.30. The summed E-state index contributed by atoms with van der Waals surface area (Å²) < 4.78 is 10.5. The van der Waals surface area contributed by atoms with Crippen molar-refractivity contribution >= 4 is 11.6 Å². The van der Waals surface area contributed by atoms with Crippen molar-refractivity contribution in [3.05, 3.63) is 52.9 Å². The summed E-state index contributed by atoms with van der Waals surface area (Å²) in [5.41, 5.74) is 7.05. The molecule has 1 unspecified atom stereocenters. The standard InChI is InChI=1S/C13H14ClNO2/c1-16-13-7-9(14)4-5-11(13)12(15)8-10-3-2-6-17-10/h2-7,12H,8,15H2,1H3. The van der Waals surface area contributed by atoms with Gasteiger partial charge in [-0.3, -0.25) is 0 Å². The molecule has 17 heavy (non-hydrogen) atoms. The van der Waals surface area contributed by atoms with Crippen molar-refractivity contribution in [3.8, 4) is 5.75 Å². The molecule has 0 spiro atoms. The Balaban J connectivity index is 2.21. The number of halogens is 1. The van der Waals surface area contributed by atoms with Crippen LogP contribution >= 0.6 is 11.6 Å². The maximum absolute atomic E-state index is 6.13. The van der Waals surface area contributed by atoms with Gasteiger partial charge in [0.2, 0.25) is 0 Å². The summed E-state index contributed by atoms with van der Waals surface area (Å²) in [5, 5.41) is 0.635. The third kappa shape index (κ3) is 2.81. The molecule has 0 saturated heterocycles. The van der Waals surface area contributed by atoms with Gasteiger partial charge in [0.25, 0.3) is 0 Å². The van der Waals surface area contributed by atoms with Gasteiger partial charge in [-0.05, 0) is 24.3 Å². The number of hydrogen-bond acceptors (Lipinski definition) is 3. The highest BCUT2D eigenvalue weighted by atomic mass is 35.5. The fourth-order valence-corrected chi connectivity index (χ4v) is 1.91. The van der Waals surface area contributed by atoms with Gasteiger partial charge in [0.05, 0.1) is 13.4 Å². The fraction of sp³-hybridized carbons (Fsp3) is 0.231. The van der Waals surface area contributed by atoms with Crippen LogP contribution in [0.15, 0.2) is 41.0 Å². The number of hydrogen-bond donors (Lipinski definition) is 1. The van der Waals surface area contributed by atoms with Gasteiger partial charge in [0.1, 0.15) is 11.5 Å². The van der Waals surface area contributed by atoms with Gasteiger partial charge in [-0.15, -0.1) is 0 Å². The van der Waals surface area contributed by atoms with Crippen molar-refractivity contribution in [1.82, 2.24) is 0 Å². The highest BCUT2D eigenvalue weighted by Gasteiger charge is 2.14. The Morgan fingerprint density at radius 2 is 2.24 bits per heavy atom. The molecule has 0 amide bonds. The third-order valence-electron chi connectivity index (χ3n) is 2.60. The van der Waals surface area contributed by atoms with Crippen molar-refractivity contribution in [2.75, 3.05) is 7.11 Å². The first kappa shape index (κ1) is 12.0. The SMILES string of the molecule is COc1cc(Cl)ccc1C(N)Cc1ccco1. The van der Waals surface area contributed by atoms with Gasteiger partial charge in [-0.1, -0.05) is 17.7 Å². The number of rotatable bonds is 4. The molecule has 1 atom stereocenters. The van der Waals surface area contributed by atoms with E-state index in [0.29, 0.717) is 17.2 Å². The van der Waals surface area contributed by atoms with E-state index in [1.54, 1.807) is 25.5 Å². The predicted molar refractivity (Wildman–Crippen MR) is 67.3 cm³/mol. The average molecular weight is 252 g/mol. The van der Waals surface area contributed by atoms with E-state index < -0.39 is 0 Å². The lowest BCUT2D eigenvalue weighted by molar-refractivity contribution is 0.403. The molecular weight excluding hydrogens is 238 g/mol. The summed E-state index contributed by atoms with van der Waals surface area (Å²) in [6, 6.07) is 9.03. The smallest absolute Gasteiger partial charge is 0.125 e. The van der Waals surface area contributed by atoms with E-state index in [1.165, 1.54) is 0 Å². The van der Waals surface area contributed by atoms with Crippen LogP contribution in [0.2, 0.25) is 5.02 Å². The molecule has 0 radical (unpaired) electrons. The van der Waals surface area contributed by atoms with E-state index in [1.807, 2.05) is 18.2 Å². The first-order valence-corrected chi connectivity index (χ1v) is 5.70. The second-order valence-electron chi connectivity index (χ2n) is 3.78. The third-order valence-corrected chi connectivity index (χ3v) is 2.83. The van der Waals surface area contributed by atoms with Gasteiger partial charge in [-0.25, -0.2) is 0 Å². The molecule has 2 N–H and O–H groups in total. The number of furan rings is 1. The fourth-order valence-electron chi connectivity index (χ4n) is 1.75. The normalized spacial score (nSPS) is 12.4. The zero-order chi connectivity index (χ0) is 12.3. The molecule has 2 aromatic rings. The van der Waals surface area contributed by atoms with E-state index in [2.05, 4.69) is 0 Å². The van der Waals surface area contributed by atoms with Gasteiger partial charge >= 0.3 is 0 Å². The van der Waals surface area contributed by atoms with E-state index in [-0.39, 0.29) is 6.04 Å². The molecule has 0 aliphatic carbocycles. The molecule has 3 nitrogen and oxygen atoms in total. The summed E-state index contributed by atoms with van der Waals surface area (Å²) in [5.74, 6) is 1.56. The molecule has 2 rings (SSSR count). The number of nitrogens with two attached hydrogens (primary N) is 1. The molecule has 1 aromatic heterocycles. The van der Waals surface area contributed by atoms with Gasteiger partial charge < -0.3 is 14.9 Å². The molecule has 0 fully saturated rings. The second-order valence-corrected chi connectivity index (χ2v) is 4.21. The van der Waals surface area contributed by atoms with Crippen LogP contribution in [-0.2, 0) is 6.42 Å². The number of benzene rings is 1. The van der Waals surface area contributed by atoms with Crippen molar-refractivity contribution in [1.29, 1.82) is 0 Å². The quantitative estimate of drug-likeness (QED) is 0.908. The maximum Gasteiger partial charge on any atom is 0.125 e. The van der Waals surface area contributed by atoms with E-state index in [9.17, 15) is 0 Å². The Labute approximate surface area is 105 Å². The molecule has 4 heteroatoms. The van der Waals surface area contributed by atoms with Crippen LogP contribution in [0.5, 0.6) is 5.75 Å². The first-order valence-electron chi connectivity index (χ1n) is 5.32. The zero-order valence-corrected chi connectivity index (χ0v) is 10.3. The lowest BCUT2D eigenvalue weighted by atomic mass is 10.0. The molecule has 0 bridgehead atoms. The monoisotopic (exact) mass is 251 g/mol. The molecule has 90 valence electrons. The lowest BCUT2D eigenvalue weighted by Gasteiger charge is -2.14. The van der Waals surface area contributed by atoms with Crippen molar-refractivity contribution in [2.24, 2.45) is 5.73 Å². The summed E-state index contributed by atoms with van der Waals surface area (Å²) in [6.45, 7) is 0. The predicted octanol–water partition coefficient (Wildman–Crippen LogP) is 3.18. The molecule has 0 aliphatic heterocycles. The van der Waals surface area contributed by atoms with Crippen LogP contribution in [-0.4, -0.2) is 7.11 Å². The Hall–Kier alpha value is -1.45. The zero-order valence-electron chi connectivity index (χ0n) is 9.52. The van der Waals surface area contributed by atoms with E-state index >= 15 is 0 Å². The molecule has 0 aliphatic rings. The van der Waals surface area contributed by atoms with E-state index in [0.717, 1.165) is 11.3 Å². The van der Waals surface area contributed by atoms with Crippen LogP contribution in [0.4, 0.5) is 0 Å². The van der Waals surface area contributed by atoms with Crippen molar-refractivity contribution < 1.29 is 9.15 Å². The van der Waals surface area contributed by atoms with Gasteiger partial charge in [-0.2, -0.15) is 0 Å². The Morgan fingerprint density at radius 3 is 2.88 bits per heavy atom. The number of methoxy groups -OCH3 is 1. The Kier molecular flexibility index (Phi) is 3.71. The summed E-state index contributed by atoms with van der Waals surface area (Å²) in [4.78, 5) is 0. The summed E-state index contributed by atoms with van der Waals surface area (Å²) in [6.07, 6.45) is 2.27. The minimum Gasteiger partial charge on any atom is -0.496 e. The maximum atomic E-state index is 6.13. The largest absolute Gasteiger partial charge is 0.496 e. The lowest BCUT2D eigenvalue weighted by Crippen LogP contribution is -2.14. The average Bonchev–Trinajstić information content (AvgIpc) is 2.81. The van der Waals surface area contributed by atoms with Gasteiger partial charge in [0.15, 0.2) is 0 Å². The summed E-state index contributed by atoms with van der Waals surface area (Å²) >= 11 is 5.90.